The van der Waals surface area contributed by atoms with Gasteiger partial charge in [0.2, 0.25) is 5.91 Å². The Morgan fingerprint density at radius 3 is 2.77 bits per heavy atom. The number of likely N-dealkylation sites (tertiary alicyclic amines) is 1. The normalized spacial score (nSPS) is 21.6. The molecule has 134 valence electrons. The van der Waals surface area contributed by atoms with Crippen LogP contribution in [-0.2, 0) is 21.6 Å². The molecule has 1 atom stereocenters. The Balaban J connectivity index is 1.48. The second-order valence-corrected chi connectivity index (χ2v) is 7.79. The molecule has 2 aromatic rings. The highest BCUT2D eigenvalue weighted by Crippen LogP contribution is 2.42. The fraction of sp³-hybridized carbons (Fsp3) is 0.333. The summed E-state index contributed by atoms with van der Waals surface area (Å²) in [6, 6.07) is 15.5. The van der Waals surface area contributed by atoms with Crippen LogP contribution in [-0.4, -0.2) is 29.9 Å². The molecule has 4 nitrogen and oxygen atoms in total. The lowest BCUT2D eigenvalue weighted by Gasteiger charge is -2.39. The number of esters is 1. The van der Waals surface area contributed by atoms with Crippen LogP contribution in [0.3, 0.4) is 0 Å². The van der Waals surface area contributed by atoms with Crippen LogP contribution < -0.4 is 0 Å². The van der Waals surface area contributed by atoms with Crippen molar-refractivity contribution in [1.82, 2.24) is 4.90 Å². The first kappa shape index (κ1) is 17.3. The maximum Gasteiger partial charge on any atom is 0.339 e. The molecule has 2 aromatic carbocycles. The molecule has 4 rings (SSSR count). The second-order valence-electron chi connectivity index (χ2n) is 6.94. The number of rotatable bonds is 3. The topological polar surface area (TPSA) is 46.6 Å². The Hall–Kier alpha value is -2.14. The molecule has 1 fully saturated rings. The summed E-state index contributed by atoms with van der Waals surface area (Å²) in [5.41, 5.74) is 2.02. The average molecular weight is 414 g/mol. The molecular weight excluding hydrogens is 394 g/mol. The van der Waals surface area contributed by atoms with Crippen molar-refractivity contribution in [3.05, 3.63) is 69.7 Å². The van der Waals surface area contributed by atoms with Gasteiger partial charge in [-0.05, 0) is 37.0 Å². The van der Waals surface area contributed by atoms with Crippen molar-refractivity contribution in [2.75, 3.05) is 13.1 Å². The molecule has 2 aliphatic heterocycles. The van der Waals surface area contributed by atoms with Crippen LogP contribution in [0, 0.1) is 0 Å². The fourth-order valence-electron chi connectivity index (χ4n) is 3.98. The van der Waals surface area contributed by atoms with Crippen molar-refractivity contribution in [3.8, 4) is 0 Å². The van der Waals surface area contributed by atoms with Gasteiger partial charge in [0.1, 0.15) is 0 Å². The van der Waals surface area contributed by atoms with E-state index in [0.29, 0.717) is 24.9 Å². The molecule has 1 spiro atoms. The van der Waals surface area contributed by atoms with E-state index in [1.807, 2.05) is 47.4 Å². The van der Waals surface area contributed by atoms with E-state index < -0.39 is 5.60 Å². The Kier molecular flexibility index (Phi) is 4.57. The van der Waals surface area contributed by atoms with Gasteiger partial charge in [-0.2, -0.15) is 0 Å². The van der Waals surface area contributed by atoms with Crippen molar-refractivity contribution in [3.63, 3.8) is 0 Å². The van der Waals surface area contributed by atoms with Crippen LogP contribution in [0.5, 0.6) is 0 Å². The summed E-state index contributed by atoms with van der Waals surface area (Å²) >= 11 is 3.53. The number of halogens is 1. The molecule has 2 aliphatic rings. The van der Waals surface area contributed by atoms with Crippen LogP contribution in [0.4, 0.5) is 0 Å². The summed E-state index contributed by atoms with van der Waals surface area (Å²) in [6.07, 6.45) is 2.75. The van der Waals surface area contributed by atoms with Gasteiger partial charge < -0.3 is 9.64 Å². The molecule has 26 heavy (non-hydrogen) atoms. The van der Waals surface area contributed by atoms with E-state index in [0.717, 1.165) is 35.0 Å². The molecule has 0 bridgehead atoms. The minimum atomic E-state index is -0.672. The smallest absolute Gasteiger partial charge is 0.339 e. The van der Waals surface area contributed by atoms with Gasteiger partial charge in [0, 0.05) is 23.0 Å². The Labute approximate surface area is 161 Å². The van der Waals surface area contributed by atoms with Crippen molar-refractivity contribution in [1.29, 1.82) is 0 Å². The fourth-order valence-corrected chi connectivity index (χ4v) is 4.47. The van der Waals surface area contributed by atoms with Crippen molar-refractivity contribution >= 4 is 27.8 Å². The van der Waals surface area contributed by atoms with Crippen LogP contribution in [0.2, 0.25) is 0 Å². The SMILES string of the molecule is O=C1OC2(CCCN(C(=O)CCc3ccccc3Br)C2)c2ccccc21. The van der Waals surface area contributed by atoms with Gasteiger partial charge in [-0.15, -0.1) is 0 Å². The van der Waals surface area contributed by atoms with Crippen molar-refractivity contribution in [2.24, 2.45) is 0 Å². The second kappa shape index (κ2) is 6.88. The van der Waals surface area contributed by atoms with Crippen molar-refractivity contribution < 1.29 is 14.3 Å². The molecule has 1 amide bonds. The summed E-state index contributed by atoms with van der Waals surface area (Å²) in [6.45, 7) is 1.17. The first-order chi connectivity index (χ1) is 12.6. The van der Waals surface area contributed by atoms with E-state index in [2.05, 4.69) is 15.9 Å². The van der Waals surface area contributed by atoms with Gasteiger partial charge in [0.05, 0.1) is 12.1 Å². The van der Waals surface area contributed by atoms with Gasteiger partial charge >= 0.3 is 5.97 Å². The van der Waals surface area contributed by atoms with Gasteiger partial charge in [-0.1, -0.05) is 52.3 Å². The summed E-state index contributed by atoms with van der Waals surface area (Å²) in [7, 11) is 0. The zero-order valence-electron chi connectivity index (χ0n) is 14.4. The third-order valence-corrected chi connectivity index (χ3v) is 6.07. The highest BCUT2D eigenvalue weighted by Gasteiger charge is 2.48. The van der Waals surface area contributed by atoms with Crippen LogP contribution in [0.15, 0.2) is 53.0 Å². The predicted molar refractivity (Wildman–Crippen MR) is 102 cm³/mol. The summed E-state index contributed by atoms with van der Waals surface area (Å²) in [5.74, 6) is -0.164. The summed E-state index contributed by atoms with van der Waals surface area (Å²) in [4.78, 5) is 26.9. The first-order valence-corrected chi connectivity index (χ1v) is 9.72. The molecule has 2 heterocycles. The Morgan fingerprint density at radius 2 is 1.92 bits per heavy atom. The van der Waals surface area contributed by atoms with E-state index in [4.69, 9.17) is 4.74 Å². The first-order valence-electron chi connectivity index (χ1n) is 8.93. The molecule has 0 radical (unpaired) electrons. The van der Waals surface area contributed by atoms with Gasteiger partial charge in [-0.25, -0.2) is 4.79 Å². The van der Waals surface area contributed by atoms with Gasteiger partial charge in [0.15, 0.2) is 5.60 Å². The lowest BCUT2D eigenvalue weighted by molar-refractivity contribution is -0.138. The number of carbonyl (C=O) groups is 2. The summed E-state index contributed by atoms with van der Waals surface area (Å²) in [5, 5.41) is 0. The molecule has 0 saturated carbocycles. The largest absolute Gasteiger partial charge is 0.449 e. The number of hydrogen-bond acceptors (Lipinski definition) is 3. The number of ether oxygens (including phenoxy) is 1. The number of benzene rings is 2. The molecule has 1 saturated heterocycles. The number of piperidine rings is 1. The molecule has 1 unspecified atom stereocenters. The molecule has 0 aromatic heterocycles. The number of hydrogen-bond donors (Lipinski definition) is 0. The van der Waals surface area contributed by atoms with E-state index in [-0.39, 0.29) is 11.9 Å². The third kappa shape index (κ3) is 3.05. The standard InChI is InChI=1S/C21H20BrNO3/c22-18-9-4-1-6-15(18)10-11-19(24)23-13-5-12-21(14-23)17-8-3-2-7-16(17)20(25)26-21/h1-4,6-9H,5,10-14H2. The zero-order chi connectivity index (χ0) is 18.1. The lowest BCUT2D eigenvalue weighted by atomic mass is 9.85. The minimum Gasteiger partial charge on any atom is -0.449 e. The van der Waals surface area contributed by atoms with E-state index in [1.165, 1.54) is 0 Å². The van der Waals surface area contributed by atoms with E-state index >= 15 is 0 Å². The highest BCUT2D eigenvalue weighted by atomic mass is 79.9. The maximum atomic E-state index is 12.8. The monoisotopic (exact) mass is 413 g/mol. The third-order valence-electron chi connectivity index (χ3n) is 5.30. The van der Waals surface area contributed by atoms with Gasteiger partial charge in [0.25, 0.3) is 0 Å². The molecular formula is C21H20BrNO3. The number of fused-ring (bicyclic) bond motifs is 2. The molecule has 0 aliphatic carbocycles. The number of amides is 1. The number of nitrogens with zero attached hydrogens (tertiary/aromatic N) is 1. The highest BCUT2D eigenvalue weighted by molar-refractivity contribution is 9.10. The van der Waals surface area contributed by atoms with Crippen LogP contribution in [0.25, 0.3) is 0 Å². The average Bonchev–Trinajstić information content (AvgIpc) is 2.93. The van der Waals surface area contributed by atoms with Crippen LogP contribution >= 0.6 is 15.9 Å². The maximum absolute atomic E-state index is 12.8. The number of aryl methyl sites for hydroxylation is 1. The van der Waals surface area contributed by atoms with E-state index in [1.54, 1.807) is 6.07 Å². The Bertz CT molecular complexity index is 866. The number of carbonyl (C=O) groups excluding carboxylic acids is 2. The quantitative estimate of drug-likeness (QED) is 0.712. The predicted octanol–water partition coefficient (Wildman–Crippen LogP) is 4.07. The minimum absolute atomic E-state index is 0.111. The van der Waals surface area contributed by atoms with Gasteiger partial charge in [-0.3, -0.25) is 4.79 Å². The molecule has 0 N–H and O–H groups in total. The summed E-state index contributed by atoms with van der Waals surface area (Å²) < 4.78 is 6.81. The van der Waals surface area contributed by atoms with E-state index in [9.17, 15) is 9.59 Å². The van der Waals surface area contributed by atoms with Crippen LogP contribution in [0.1, 0.15) is 40.7 Å². The molecule has 5 heteroatoms. The zero-order valence-corrected chi connectivity index (χ0v) is 16.0. The Morgan fingerprint density at radius 1 is 1.15 bits per heavy atom. The lowest BCUT2D eigenvalue weighted by Crippen LogP contribution is -2.48. The van der Waals surface area contributed by atoms with Crippen molar-refractivity contribution in [2.45, 2.75) is 31.3 Å².